The molecule has 0 spiro atoms. The van der Waals surface area contributed by atoms with Crippen molar-refractivity contribution in [1.29, 1.82) is 0 Å². The molecule has 5 heteroatoms. The third kappa shape index (κ3) is 3.76. The van der Waals surface area contributed by atoms with Crippen molar-refractivity contribution < 1.29 is 9.18 Å². The SMILES string of the molecule is CNCC1CCN(C(=O)Cc2ccc(F)c(Br)c2)C1. The Morgan fingerprint density at radius 3 is 3.05 bits per heavy atom. The molecule has 3 nitrogen and oxygen atoms in total. The van der Waals surface area contributed by atoms with Gasteiger partial charge in [-0.2, -0.15) is 0 Å². The Bertz CT molecular complexity index is 467. The predicted molar refractivity (Wildman–Crippen MR) is 76.4 cm³/mol. The van der Waals surface area contributed by atoms with Gasteiger partial charge in [0.05, 0.1) is 10.9 Å². The maximum absolute atomic E-state index is 13.1. The van der Waals surface area contributed by atoms with Crippen molar-refractivity contribution in [2.24, 2.45) is 5.92 Å². The lowest BCUT2D eigenvalue weighted by Gasteiger charge is -2.16. The fraction of sp³-hybridized carbons (Fsp3) is 0.500. The number of nitrogens with one attached hydrogen (secondary N) is 1. The summed E-state index contributed by atoms with van der Waals surface area (Å²) < 4.78 is 13.5. The van der Waals surface area contributed by atoms with Crippen LogP contribution in [0.1, 0.15) is 12.0 Å². The molecule has 1 atom stereocenters. The zero-order chi connectivity index (χ0) is 13.8. The van der Waals surface area contributed by atoms with E-state index >= 15 is 0 Å². The highest BCUT2D eigenvalue weighted by molar-refractivity contribution is 9.10. The molecule has 19 heavy (non-hydrogen) atoms. The highest BCUT2D eigenvalue weighted by Gasteiger charge is 2.25. The largest absolute Gasteiger partial charge is 0.342 e. The summed E-state index contributed by atoms with van der Waals surface area (Å²) in [5.41, 5.74) is 0.843. The Labute approximate surface area is 121 Å². The second-order valence-electron chi connectivity index (χ2n) is 4.98. The van der Waals surface area contributed by atoms with Gasteiger partial charge in [0, 0.05) is 13.1 Å². The van der Waals surface area contributed by atoms with Crippen LogP contribution in [0.4, 0.5) is 4.39 Å². The molecular formula is C14H18BrFN2O. The van der Waals surface area contributed by atoms with Crippen LogP contribution in [0.5, 0.6) is 0 Å². The summed E-state index contributed by atoms with van der Waals surface area (Å²) in [4.78, 5) is 14.1. The fourth-order valence-corrected chi connectivity index (χ4v) is 2.88. The number of amides is 1. The van der Waals surface area contributed by atoms with Crippen molar-refractivity contribution in [2.75, 3.05) is 26.7 Å². The van der Waals surface area contributed by atoms with Crippen LogP contribution in [0.25, 0.3) is 0 Å². The first kappa shape index (κ1) is 14.5. The van der Waals surface area contributed by atoms with E-state index in [1.807, 2.05) is 11.9 Å². The first-order chi connectivity index (χ1) is 9.10. The average Bonchev–Trinajstić information content (AvgIpc) is 2.83. The quantitative estimate of drug-likeness (QED) is 0.919. The van der Waals surface area contributed by atoms with Crippen LogP contribution in [0.15, 0.2) is 22.7 Å². The van der Waals surface area contributed by atoms with E-state index in [1.54, 1.807) is 12.1 Å². The molecule has 1 unspecified atom stereocenters. The number of hydrogen-bond acceptors (Lipinski definition) is 2. The van der Waals surface area contributed by atoms with Crippen LogP contribution in [0.2, 0.25) is 0 Å². The van der Waals surface area contributed by atoms with E-state index in [1.165, 1.54) is 6.07 Å². The van der Waals surface area contributed by atoms with Crippen LogP contribution in [-0.4, -0.2) is 37.5 Å². The van der Waals surface area contributed by atoms with E-state index < -0.39 is 0 Å². The van der Waals surface area contributed by atoms with Gasteiger partial charge in [0.15, 0.2) is 0 Å². The molecule has 1 aromatic rings. The van der Waals surface area contributed by atoms with Crippen LogP contribution in [0.3, 0.4) is 0 Å². The number of halogens is 2. The third-order valence-corrected chi connectivity index (χ3v) is 4.08. The Balaban J connectivity index is 1.92. The lowest BCUT2D eigenvalue weighted by Crippen LogP contribution is -2.31. The molecule has 2 rings (SSSR count). The topological polar surface area (TPSA) is 32.3 Å². The molecular weight excluding hydrogens is 311 g/mol. The van der Waals surface area contributed by atoms with Crippen LogP contribution in [0, 0.1) is 11.7 Å². The van der Waals surface area contributed by atoms with Gasteiger partial charge < -0.3 is 10.2 Å². The number of nitrogens with zero attached hydrogens (tertiary/aromatic N) is 1. The molecule has 0 saturated carbocycles. The number of carbonyl (C=O) groups excluding carboxylic acids is 1. The average molecular weight is 329 g/mol. The summed E-state index contributed by atoms with van der Waals surface area (Å²) in [6.45, 7) is 2.60. The van der Waals surface area contributed by atoms with Crippen molar-refractivity contribution in [3.05, 3.63) is 34.1 Å². The highest BCUT2D eigenvalue weighted by Crippen LogP contribution is 2.20. The maximum atomic E-state index is 13.1. The minimum atomic E-state index is -0.300. The molecule has 1 amide bonds. The highest BCUT2D eigenvalue weighted by atomic mass is 79.9. The predicted octanol–water partition coefficient (Wildman–Crippen LogP) is 2.20. The summed E-state index contributed by atoms with van der Waals surface area (Å²) in [7, 11) is 1.93. The zero-order valence-corrected chi connectivity index (χ0v) is 12.5. The van der Waals surface area contributed by atoms with Crippen molar-refractivity contribution in [3.63, 3.8) is 0 Å². The number of hydrogen-bond donors (Lipinski definition) is 1. The van der Waals surface area contributed by atoms with Crippen LogP contribution >= 0.6 is 15.9 Å². The standard InChI is InChI=1S/C14H18BrFN2O/c1-17-8-11-4-5-18(9-11)14(19)7-10-2-3-13(16)12(15)6-10/h2-3,6,11,17H,4-5,7-9H2,1H3. The van der Waals surface area contributed by atoms with Crippen molar-refractivity contribution in [1.82, 2.24) is 10.2 Å². The number of benzene rings is 1. The van der Waals surface area contributed by atoms with Gasteiger partial charge in [-0.3, -0.25) is 4.79 Å². The van der Waals surface area contributed by atoms with Crippen LogP contribution < -0.4 is 5.32 Å². The number of carbonyl (C=O) groups is 1. The lowest BCUT2D eigenvalue weighted by atomic mass is 10.1. The molecule has 0 bridgehead atoms. The Morgan fingerprint density at radius 2 is 2.37 bits per heavy atom. The molecule has 1 aromatic carbocycles. The van der Waals surface area contributed by atoms with E-state index in [4.69, 9.17) is 0 Å². The Kier molecular flexibility index (Phi) is 4.93. The van der Waals surface area contributed by atoms with E-state index in [0.29, 0.717) is 16.8 Å². The minimum absolute atomic E-state index is 0.122. The third-order valence-electron chi connectivity index (χ3n) is 3.47. The molecule has 1 aliphatic rings. The molecule has 1 fully saturated rings. The first-order valence-corrected chi connectivity index (χ1v) is 7.25. The molecule has 0 aromatic heterocycles. The van der Waals surface area contributed by atoms with Gasteiger partial charge in [0.1, 0.15) is 5.82 Å². The smallest absolute Gasteiger partial charge is 0.227 e. The fourth-order valence-electron chi connectivity index (χ4n) is 2.45. The molecule has 1 aliphatic heterocycles. The van der Waals surface area contributed by atoms with Gasteiger partial charge in [0.25, 0.3) is 0 Å². The minimum Gasteiger partial charge on any atom is -0.342 e. The van der Waals surface area contributed by atoms with Crippen LogP contribution in [-0.2, 0) is 11.2 Å². The number of rotatable bonds is 4. The van der Waals surface area contributed by atoms with E-state index in [2.05, 4.69) is 21.2 Å². The van der Waals surface area contributed by atoms with E-state index in [0.717, 1.165) is 31.6 Å². The molecule has 1 heterocycles. The van der Waals surface area contributed by atoms with Gasteiger partial charge in [0.2, 0.25) is 5.91 Å². The molecule has 104 valence electrons. The summed E-state index contributed by atoms with van der Waals surface area (Å²) in [5, 5.41) is 3.15. The summed E-state index contributed by atoms with van der Waals surface area (Å²) in [5.74, 6) is 0.373. The van der Waals surface area contributed by atoms with Gasteiger partial charge in [-0.25, -0.2) is 4.39 Å². The molecule has 1 saturated heterocycles. The van der Waals surface area contributed by atoms with E-state index in [9.17, 15) is 9.18 Å². The monoisotopic (exact) mass is 328 g/mol. The molecule has 0 radical (unpaired) electrons. The Hall–Kier alpha value is -0.940. The lowest BCUT2D eigenvalue weighted by molar-refractivity contribution is -0.129. The van der Waals surface area contributed by atoms with E-state index in [-0.39, 0.29) is 11.7 Å². The Morgan fingerprint density at radius 1 is 1.58 bits per heavy atom. The second-order valence-corrected chi connectivity index (χ2v) is 5.83. The maximum Gasteiger partial charge on any atom is 0.227 e. The van der Waals surface area contributed by atoms with Crippen molar-refractivity contribution in [2.45, 2.75) is 12.8 Å². The molecule has 1 N–H and O–H groups in total. The zero-order valence-electron chi connectivity index (χ0n) is 11.0. The van der Waals surface area contributed by atoms with Crippen molar-refractivity contribution in [3.8, 4) is 0 Å². The normalized spacial score (nSPS) is 18.9. The molecule has 0 aliphatic carbocycles. The van der Waals surface area contributed by atoms with Crippen molar-refractivity contribution >= 4 is 21.8 Å². The number of likely N-dealkylation sites (tertiary alicyclic amines) is 1. The first-order valence-electron chi connectivity index (χ1n) is 6.46. The van der Waals surface area contributed by atoms with Gasteiger partial charge >= 0.3 is 0 Å². The van der Waals surface area contributed by atoms with Gasteiger partial charge in [-0.05, 0) is 59.6 Å². The second kappa shape index (κ2) is 6.48. The summed E-state index contributed by atoms with van der Waals surface area (Å²) in [6.07, 6.45) is 1.39. The van der Waals surface area contributed by atoms with Gasteiger partial charge in [-0.1, -0.05) is 6.07 Å². The van der Waals surface area contributed by atoms with Gasteiger partial charge in [-0.15, -0.1) is 0 Å². The summed E-state index contributed by atoms with van der Waals surface area (Å²) in [6, 6.07) is 4.73. The summed E-state index contributed by atoms with van der Waals surface area (Å²) >= 11 is 3.14.